The average Bonchev–Trinajstić information content (AvgIpc) is 2.81. The van der Waals surface area contributed by atoms with E-state index in [2.05, 4.69) is 21.2 Å². The minimum atomic E-state index is -1.52. The number of nitriles is 1. The summed E-state index contributed by atoms with van der Waals surface area (Å²) in [7, 11) is 0. The molecule has 3 N–H and O–H groups in total. The number of anilines is 1. The number of ether oxygens (including phenoxy) is 1. The number of nitrogens with one attached hydrogen (secondary N) is 1. The number of rotatable bonds is 0. The second kappa shape index (κ2) is 5.20. The van der Waals surface area contributed by atoms with E-state index in [4.69, 9.17) is 10.5 Å². The van der Waals surface area contributed by atoms with E-state index in [1.54, 1.807) is 6.07 Å². The van der Waals surface area contributed by atoms with Crippen LogP contribution < -0.4 is 11.1 Å². The van der Waals surface area contributed by atoms with E-state index in [1.807, 2.05) is 19.1 Å². The molecular formula is C18H14BrN3O3. The van der Waals surface area contributed by atoms with Crippen LogP contribution in [0.4, 0.5) is 5.69 Å². The summed E-state index contributed by atoms with van der Waals surface area (Å²) in [4.78, 5) is 25.9. The van der Waals surface area contributed by atoms with E-state index in [9.17, 15) is 14.9 Å². The minimum absolute atomic E-state index is 0.0283. The van der Waals surface area contributed by atoms with Crippen LogP contribution in [0.1, 0.15) is 30.4 Å². The molecular weight excluding hydrogens is 386 g/mol. The molecule has 1 aromatic carbocycles. The van der Waals surface area contributed by atoms with Gasteiger partial charge in [0, 0.05) is 28.6 Å². The molecule has 1 atom stereocenters. The quantitative estimate of drug-likeness (QED) is 0.697. The summed E-state index contributed by atoms with van der Waals surface area (Å²) in [5.41, 5.74) is 6.71. The molecule has 126 valence electrons. The summed E-state index contributed by atoms with van der Waals surface area (Å²) >= 11 is 3.45. The van der Waals surface area contributed by atoms with Crippen LogP contribution in [0.2, 0.25) is 0 Å². The molecule has 25 heavy (non-hydrogen) atoms. The molecule has 2 aliphatic heterocycles. The number of nitrogens with zero attached hydrogens (tertiary/aromatic N) is 1. The molecule has 1 aliphatic carbocycles. The van der Waals surface area contributed by atoms with Gasteiger partial charge >= 0.3 is 0 Å². The van der Waals surface area contributed by atoms with Crippen LogP contribution >= 0.6 is 15.9 Å². The molecule has 0 fully saturated rings. The zero-order valence-electron chi connectivity index (χ0n) is 13.4. The van der Waals surface area contributed by atoms with Crippen molar-refractivity contribution in [3.8, 4) is 6.07 Å². The third-order valence-corrected chi connectivity index (χ3v) is 5.85. The number of nitrogens with two attached hydrogens (primary N) is 1. The Bertz CT molecular complexity index is 971. The zero-order chi connectivity index (χ0) is 17.9. The molecule has 6 nitrogen and oxygen atoms in total. The van der Waals surface area contributed by atoms with E-state index < -0.39 is 11.3 Å². The fourth-order valence-corrected chi connectivity index (χ4v) is 4.24. The number of hydrogen-bond acceptors (Lipinski definition) is 5. The van der Waals surface area contributed by atoms with Crippen LogP contribution in [-0.4, -0.2) is 11.7 Å². The predicted octanol–water partition coefficient (Wildman–Crippen LogP) is 2.68. The summed E-state index contributed by atoms with van der Waals surface area (Å²) < 4.78 is 6.40. The second-order valence-corrected chi connectivity index (χ2v) is 7.23. The third kappa shape index (κ3) is 1.89. The molecule has 1 aromatic rings. The smallest absolute Gasteiger partial charge is 0.245 e. The lowest BCUT2D eigenvalue weighted by atomic mass is 9.65. The van der Waals surface area contributed by atoms with Crippen molar-refractivity contribution in [2.45, 2.75) is 31.6 Å². The van der Waals surface area contributed by atoms with Gasteiger partial charge in [-0.2, -0.15) is 5.26 Å². The third-order valence-electron chi connectivity index (χ3n) is 5.00. The molecule has 0 unspecified atom stereocenters. The van der Waals surface area contributed by atoms with Gasteiger partial charge in [-0.15, -0.1) is 0 Å². The molecule has 3 aliphatic rings. The summed E-state index contributed by atoms with van der Waals surface area (Å²) in [5, 5.41) is 12.6. The molecule has 0 radical (unpaired) electrons. The molecule has 2 heterocycles. The number of halogens is 1. The summed E-state index contributed by atoms with van der Waals surface area (Å²) in [6.45, 7) is 1.89. The number of benzene rings is 1. The maximum atomic E-state index is 13.1. The number of carbonyl (C=O) groups is 2. The van der Waals surface area contributed by atoms with Crippen molar-refractivity contribution in [1.29, 1.82) is 5.26 Å². The molecule has 1 amide bonds. The number of Topliss-reactive ketones (excluding diaryl/α,β-unsaturated/α-hetero) is 1. The van der Waals surface area contributed by atoms with Crippen LogP contribution in [0, 0.1) is 18.3 Å². The number of allylic oxidation sites excluding steroid dienone is 1. The van der Waals surface area contributed by atoms with Gasteiger partial charge in [-0.25, -0.2) is 0 Å². The van der Waals surface area contributed by atoms with E-state index in [0.29, 0.717) is 36.3 Å². The van der Waals surface area contributed by atoms with Crippen LogP contribution in [0.15, 0.2) is 39.4 Å². The van der Waals surface area contributed by atoms with Crippen molar-refractivity contribution >= 4 is 33.3 Å². The number of hydrogen-bond donors (Lipinski definition) is 2. The van der Waals surface area contributed by atoms with E-state index in [1.165, 1.54) is 0 Å². The normalized spacial score (nSPS) is 24.7. The Morgan fingerprint density at radius 3 is 2.84 bits per heavy atom. The number of fused-ring (bicyclic) bond motifs is 3. The predicted molar refractivity (Wildman–Crippen MR) is 93.0 cm³/mol. The number of amides is 1. The highest BCUT2D eigenvalue weighted by Gasteiger charge is 2.59. The summed E-state index contributed by atoms with van der Waals surface area (Å²) in [6, 6.07) is 5.62. The monoisotopic (exact) mass is 399 g/mol. The first kappa shape index (κ1) is 15.9. The summed E-state index contributed by atoms with van der Waals surface area (Å²) in [6.07, 6.45) is 1.47. The molecule has 0 bridgehead atoms. The lowest BCUT2D eigenvalue weighted by molar-refractivity contribution is -0.123. The topological polar surface area (TPSA) is 105 Å². The Hall–Kier alpha value is -2.59. The Labute approximate surface area is 152 Å². The molecule has 4 rings (SSSR count). The lowest BCUT2D eigenvalue weighted by Crippen LogP contribution is -2.46. The van der Waals surface area contributed by atoms with Crippen LogP contribution in [0.25, 0.3) is 0 Å². The molecule has 0 saturated carbocycles. The van der Waals surface area contributed by atoms with Gasteiger partial charge in [0.2, 0.25) is 11.8 Å². The van der Waals surface area contributed by atoms with Gasteiger partial charge in [0.15, 0.2) is 5.78 Å². The van der Waals surface area contributed by atoms with E-state index >= 15 is 0 Å². The van der Waals surface area contributed by atoms with Crippen molar-refractivity contribution in [2.24, 2.45) is 5.73 Å². The van der Waals surface area contributed by atoms with Crippen molar-refractivity contribution < 1.29 is 14.3 Å². The first-order valence-electron chi connectivity index (χ1n) is 7.88. The largest absolute Gasteiger partial charge is 0.444 e. The standard InChI is InChI=1S/C18H14BrN3O3/c1-8-5-9-12(6-11(8)19)22-17(24)18(9)10(7-20)16(21)25-14-4-2-3-13(23)15(14)18/h5-6H,2-4,21H2,1H3,(H,22,24)/t18-/m1/s1. The SMILES string of the molecule is Cc1cc2c(cc1Br)NC(=O)[C@@]21C(C#N)=C(N)OC2=C1C(=O)CCC2. The maximum absolute atomic E-state index is 13.1. The Balaban J connectivity index is 2.13. The van der Waals surface area contributed by atoms with Gasteiger partial charge in [-0.1, -0.05) is 22.0 Å². The fraction of sp³-hybridized carbons (Fsp3) is 0.278. The van der Waals surface area contributed by atoms with E-state index in [0.717, 1.165) is 10.0 Å². The molecule has 0 saturated heterocycles. The highest BCUT2D eigenvalue weighted by Crippen LogP contribution is 2.54. The van der Waals surface area contributed by atoms with Crippen molar-refractivity contribution in [1.82, 2.24) is 0 Å². The van der Waals surface area contributed by atoms with Gasteiger partial charge in [-0.3, -0.25) is 9.59 Å². The van der Waals surface area contributed by atoms with Crippen LogP contribution in [0.3, 0.4) is 0 Å². The number of ketones is 1. The van der Waals surface area contributed by atoms with Gasteiger partial charge in [0.25, 0.3) is 0 Å². The van der Waals surface area contributed by atoms with Crippen LogP contribution in [0.5, 0.6) is 0 Å². The van der Waals surface area contributed by atoms with Crippen molar-refractivity contribution in [2.75, 3.05) is 5.32 Å². The Morgan fingerprint density at radius 1 is 1.36 bits per heavy atom. The first-order valence-corrected chi connectivity index (χ1v) is 8.67. The first-order chi connectivity index (χ1) is 11.9. The maximum Gasteiger partial charge on any atom is 0.245 e. The Kier molecular flexibility index (Phi) is 3.31. The van der Waals surface area contributed by atoms with E-state index in [-0.39, 0.29) is 22.8 Å². The van der Waals surface area contributed by atoms with Gasteiger partial charge in [0.1, 0.15) is 22.8 Å². The van der Waals surface area contributed by atoms with Crippen molar-refractivity contribution in [3.63, 3.8) is 0 Å². The van der Waals surface area contributed by atoms with Crippen molar-refractivity contribution in [3.05, 3.63) is 50.5 Å². The lowest BCUT2D eigenvalue weighted by Gasteiger charge is -2.37. The van der Waals surface area contributed by atoms with Gasteiger partial charge < -0.3 is 15.8 Å². The average molecular weight is 400 g/mol. The van der Waals surface area contributed by atoms with Gasteiger partial charge in [-0.05, 0) is 25.0 Å². The number of aryl methyl sites for hydroxylation is 1. The zero-order valence-corrected chi connectivity index (χ0v) is 15.0. The second-order valence-electron chi connectivity index (χ2n) is 6.38. The Morgan fingerprint density at radius 2 is 2.12 bits per heavy atom. The van der Waals surface area contributed by atoms with Crippen LogP contribution in [-0.2, 0) is 19.7 Å². The molecule has 1 spiro atoms. The minimum Gasteiger partial charge on any atom is -0.444 e. The number of carbonyl (C=O) groups excluding carboxylic acids is 2. The highest BCUT2D eigenvalue weighted by atomic mass is 79.9. The fourth-order valence-electron chi connectivity index (χ4n) is 3.90. The molecule has 7 heteroatoms. The molecule has 0 aromatic heterocycles. The summed E-state index contributed by atoms with van der Waals surface area (Å²) in [5.74, 6) is -0.327. The van der Waals surface area contributed by atoms with Gasteiger partial charge in [0.05, 0.1) is 5.57 Å². The highest BCUT2D eigenvalue weighted by molar-refractivity contribution is 9.10.